The molecule has 0 saturated heterocycles. The largest absolute Gasteiger partial charge is 1.00 e. The van der Waals surface area contributed by atoms with Crippen LogP contribution in [0.2, 0.25) is 0 Å². The normalized spacial score (nSPS) is 14.4. The fraction of sp³-hybridized carbons (Fsp3) is 0.278. The van der Waals surface area contributed by atoms with E-state index in [2.05, 4.69) is 38.9 Å². The van der Waals surface area contributed by atoms with Crippen molar-refractivity contribution in [3.05, 3.63) is 95.8 Å². The van der Waals surface area contributed by atoms with Crippen LogP contribution in [0, 0.1) is 0 Å². The smallest absolute Gasteiger partial charge is 0.662 e. The minimum atomic E-state index is -1.62. The second-order valence-electron chi connectivity index (χ2n) is 12.5. The van der Waals surface area contributed by atoms with Gasteiger partial charge in [-0.3, -0.25) is 4.79 Å². The average molecular weight is 773 g/mol. The van der Waals surface area contributed by atoms with E-state index in [9.17, 15) is 14.7 Å². The first-order valence-corrected chi connectivity index (χ1v) is 16.7. The number of imidazole rings is 1. The van der Waals surface area contributed by atoms with Crippen molar-refractivity contribution < 1.29 is 74.3 Å². The molecule has 6 rings (SSSR count). The first kappa shape index (κ1) is 47.3. The number of benzene rings is 3. The molecule has 19 heteroatoms. The fourth-order valence-corrected chi connectivity index (χ4v) is 5.59. The number of carboxylic acid groups (broad SMARTS) is 2. The Morgan fingerprint density at radius 2 is 1.56 bits per heavy atom. The number of nitrogens with two attached hydrogens (primary N) is 1. The quantitative estimate of drug-likeness (QED) is 0.0375. The van der Waals surface area contributed by atoms with Gasteiger partial charge < -0.3 is 51.3 Å². The zero-order valence-corrected chi connectivity index (χ0v) is 35.1. The second-order valence-corrected chi connectivity index (χ2v) is 12.5. The van der Waals surface area contributed by atoms with E-state index >= 15 is 0 Å². The molecule has 0 spiro atoms. The molecule has 55 heavy (non-hydrogen) atoms. The maximum atomic E-state index is 11.3. The zero-order chi connectivity index (χ0) is 38.5. The van der Waals surface area contributed by atoms with Gasteiger partial charge in [-0.1, -0.05) is 48.5 Å². The number of carbonyl (C=O) groups excluding carboxylic acids is 1. The van der Waals surface area contributed by atoms with E-state index in [1.54, 1.807) is 18.2 Å². The number of aromatic nitrogens is 4. The van der Waals surface area contributed by atoms with E-state index in [1.165, 1.54) is 24.3 Å². The van der Waals surface area contributed by atoms with Crippen molar-refractivity contribution in [3.8, 4) is 11.1 Å². The molecule has 5 aromatic rings. The SMILES string of the molecule is CC(C)n1cnc2c(NCc3ccc(-c4cccc(C(=O)O)c4)cc3)nc(NC3CCC(N)CC3)nc21.O=C(O)c1cccc(B(O)O)c1.O=CO[O-].[Na+].[Na]. The number of hydrogen-bond acceptors (Lipinski definition) is 13. The van der Waals surface area contributed by atoms with Gasteiger partial charge in [-0.2, -0.15) is 9.97 Å². The van der Waals surface area contributed by atoms with Gasteiger partial charge in [0, 0.05) is 54.2 Å². The third kappa shape index (κ3) is 14.0. The Balaban J connectivity index is 0.000000488. The fourth-order valence-electron chi connectivity index (χ4n) is 5.59. The number of carboxylic acids is 2. The summed E-state index contributed by atoms with van der Waals surface area (Å²) in [6.07, 6.45) is 5.85. The van der Waals surface area contributed by atoms with Crippen molar-refractivity contribution in [3.63, 3.8) is 0 Å². The van der Waals surface area contributed by atoms with E-state index < -0.39 is 19.1 Å². The van der Waals surface area contributed by atoms with Crippen molar-refractivity contribution >= 4 is 83.5 Å². The summed E-state index contributed by atoms with van der Waals surface area (Å²) in [6.45, 7) is 4.60. The molecule has 0 amide bonds. The predicted molar refractivity (Wildman–Crippen MR) is 202 cm³/mol. The summed E-state index contributed by atoms with van der Waals surface area (Å²) in [7, 11) is -1.62. The number of rotatable bonds is 11. The average Bonchev–Trinajstić information content (AvgIpc) is 3.60. The van der Waals surface area contributed by atoms with Gasteiger partial charge in [0.05, 0.1) is 17.5 Å². The van der Waals surface area contributed by atoms with Gasteiger partial charge in [-0.15, -0.1) is 0 Å². The van der Waals surface area contributed by atoms with Crippen LogP contribution in [0.5, 0.6) is 0 Å². The summed E-state index contributed by atoms with van der Waals surface area (Å²) in [5.41, 5.74) is 11.0. The van der Waals surface area contributed by atoms with Gasteiger partial charge >= 0.3 is 48.6 Å². The Kier molecular flexibility index (Phi) is 20.0. The number of fused-ring (bicyclic) bond motifs is 1. The topological polar surface area (TPSA) is 258 Å². The van der Waals surface area contributed by atoms with E-state index in [0.29, 0.717) is 24.4 Å². The maximum Gasteiger partial charge on any atom is 1.00 e. The zero-order valence-electron chi connectivity index (χ0n) is 31.1. The van der Waals surface area contributed by atoms with Crippen LogP contribution in [0.15, 0.2) is 79.1 Å². The van der Waals surface area contributed by atoms with Gasteiger partial charge in [0.25, 0.3) is 6.47 Å². The van der Waals surface area contributed by atoms with Crippen LogP contribution >= 0.6 is 0 Å². The maximum absolute atomic E-state index is 11.3. The predicted octanol–water partition coefficient (Wildman–Crippen LogP) is -0.811. The summed E-state index contributed by atoms with van der Waals surface area (Å²) in [6, 6.07) is 21.3. The Morgan fingerprint density at radius 1 is 0.964 bits per heavy atom. The second kappa shape index (κ2) is 23.3. The Hall–Kier alpha value is -3.88. The van der Waals surface area contributed by atoms with Crippen LogP contribution in [0.3, 0.4) is 0 Å². The number of anilines is 2. The molecule has 1 aliphatic carbocycles. The van der Waals surface area contributed by atoms with E-state index in [4.69, 9.17) is 40.9 Å². The van der Waals surface area contributed by atoms with Crippen LogP contribution in [0.25, 0.3) is 22.3 Å². The Bertz CT molecular complexity index is 1990. The molecule has 2 heterocycles. The van der Waals surface area contributed by atoms with Gasteiger partial charge in [-0.05, 0) is 85.9 Å². The van der Waals surface area contributed by atoms with Gasteiger partial charge in [-0.25, -0.2) is 14.6 Å². The number of nitrogens with zero attached hydrogens (tertiary/aromatic N) is 4. The third-order valence-electron chi connectivity index (χ3n) is 8.41. The van der Waals surface area contributed by atoms with Crippen molar-refractivity contribution in [2.24, 2.45) is 5.73 Å². The first-order valence-electron chi connectivity index (χ1n) is 16.7. The molecule has 1 aliphatic rings. The molecule has 279 valence electrons. The van der Waals surface area contributed by atoms with Gasteiger partial charge in [0.15, 0.2) is 17.0 Å². The molecule has 3 aromatic carbocycles. The molecular weight excluding hydrogens is 731 g/mol. The van der Waals surface area contributed by atoms with Crippen LogP contribution < -0.4 is 56.6 Å². The Morgan fingerprint density at radius 3 is 2.13 bits per heavy atom. The molecular formula is C36H41BN7Na2O9. The molecule has 2 aromatic heterocycles. The molecule has 1 saturated carbocycles. The van der Waals surface area contributed by atoms with Crippen LogP contribution in [0.1, 0.15) is 71.9 Å². The van der Waals surface area contributed by atoms with E-state index in [0.717, 1.165) is 53.5 Å². The van der Waals surface area contributed by atoms with Gasteiger partial charge in [0.1, 0.15) is 0 Å². The van der Waals surface area contributed by atoms with Crippen molar-refractivity contribution in [1.29, 1.82) is 0 Å². The number of carbonyl (C=O) groups is 3. The standard InChI is InChI=1S/C28H33N7O2.C7H7BO4.CH2O3.2Na/c1-17(2)35-16-31-24-25(33-28(34-26(24)35)32-23-12-10-22(29)11-13-23)30-15-18-6-8-19(9-7-18)20-4-3-5-21(14-20)27(36)37;9-7(10)5-2-1-3-6(4-5)8(11)12;2-1-4-3;;/h3-9,14,16-17,22-23H,10-13,15,29H2,1-2H3,(H,36,37)(H2,30,32,33,34);1-4,11-12H,(H,9,10);1,3H;;/q;;;;+1/p-1. The van der Waals surface area contributed by atoms with Gasteiger partial charge in [0.2, 0.25) is 5.95 Å². The van der Waals surface area contributed by atoms with Crippen molar-refractivity contribution in [2.45, 2.75) is 64.2 Å². The summed E-state index contributed by atoms with van der Waals surface area (Å²) in [4.78, 5) is 47.2. The van der Waals surface area contributed by atoms with Crippen LogP contribution in [-0.2, 0) is 16.2 Å². The van der Waals surface area contributed by atoms with Crippen LogP contribution in [0.4, 0.5) is 11.8 Å². The summed E-state index contributed by atoms with van der Waals surface area (Å²) in [5, 5.41) is 50.6. The molecule has 16 nitrogen and oxygen atoms in total. The monoisotopic (exact) mass is 772 g/mol. The number of aromatic carboxylic acids is 2. The summed E-state index contributed by atoms with van der Waals surface area (Å²) < 4.78 is 2.06. The number of nitrogens with one attached hydrogen (secondary N) is 2. The minimum absolute atomic E-state index is 0. The van der Waals surface area contributed by atoms with E-state index in [-0.39, 0.29) is 94.3 Å². The minimum Gasteiger partial charge on any atom is -0.662 e. The number of hydrogen-bond donors (Lipinski definition) is 7. The van der Waals surface area contributed by atoms with Crippen LogP contribution in [-0.4, -0.2) is 107 Å². The first-order chi connectivity index (χ1) is 25.4. The molecule has 0 unspecified atom stereocenters. The molecule has 0 atom stereocenters. The van der Waals surface area contributed by atoms with Crippen molar-refractivity contribution in [2.75, 3.05) is 10.6 Å². The molecule has 1 radical (unpaired) electrons. The summed E-state index contributed by atoms with van der Waals surface area (Å²) >= 11 is 0. The van der Waals surface area contributed by atoms with Crippen molar-refractivity contribution in [1.82, 2.24) is 19.5 Å². The molecule has 0 aliphatic heterocycles. The Labute approximate surface area is 362 Å². The molecule has 1 fully saturated rings. The van der Waals surface area contributed by atoms with E-state index in [1.807, 2.05) is 36.7 Å². The molecule has 8 N–H and O–H groups in total. The third-order valence-corrected chi connectivity index (χ3v) is 8.41. The summed E-state index contributed by atoms with van der Waals surface area (Å²) in [5.74, 6) is -0.721. The molecule has 0 bridgehead atoms.